The molecule has 1 aliphatic heterocycles. The van der Waals surface area contributed by atoms with Gasteiger partial charge in [-0.15, -0.1) is 0 Å². The third-order valence-corrected chi connectivity index (χ3v) is 9.81. The zero-order valence-corrected chi connectivity index (χ0v) is 24.7. The molecule has 2 aromatic rings. The zero-order valence-electron chi connectivity index (χ0n) is 24.7. The summed E-state index contributed by atoms with van der Waals surface area (Å²) >= 11 is 0. The quantitative estimate of drug-likeness (QED) is 0.399. The molecule has 0 bridgehead atoms. The predicted octanol–water partition coefficient (Wildman–Crippen LogP) is 8.80. The second-order valence-corrected chi connectivity index (χ2v) is 12.5. The molecule has 3 nitrogen and oxygen atoms in total. The molecule has 5 atom stereocenters. The van der Waals surface area contributed by atoms with Gasteiger partial charge in [-0.3, -0.25) is 0 Å². The summed E-state index contributed by atoms with van der Waals surface area (Å²) in [4.78, 5) is 10.4. The van der Waals surface area contributed by atoms with E-state index in [1.54, 1.807) is 5.57 Å². The number of nitrogens with one attached hydrogen (secondary N) is 1. The van der Waals surface area contributed by atoms with Gasteiger partial charge in [0.25, 0.3) is 0 Å². The molecule has 1 N–H and O–H groups in total. The largest absolute Gasteiger partial charge is 0.347 e. The summed E-state index contributed by atoms with van der Waals surface area (Å²) in [7, 11) is 0. The van der Waals surface area contributed by atoms with Crippen LogP contribution in [0.5, 0.6) is 0 Å². The average Bonchev–Trinajstić information content (AvgIpc) is 3.09. The maximum Gasteiger partial charge on any atom is 0.155 e. The molecule has 0 radical (unpaired) electrons. The number of allylic oxidation sites excluding steroid dienone is 14. The lowest BCUT2D eigenvalue weighted by molar-refractivity contribution is 0.474. The Hall–Kier alpha value is -4.50. The minimum absolute atomic E-state index is 0.0482. The fourth-order valence-electron chi connectivity index (χ4n) is 7.49. The van der Waals surface area contributed by atoms with Gasteiger partial charge in [-0.05, 0) is 65.5 Å². The van der Waals surface area contributed by atoms with E-state index in [9.17, 15) is 0 Å². The maximum absolute atomic E-state index is 5.26. The van der Waals surface area contributed by atoms with Gasteiger partial charge in [0.2, 0.25) is 0 Å². The SMILES string of the molecule is CC1CC=C(C2=CC3C4=C(C=CCC4)c4ccccc4C3C=C2)C=C1C1=NC(C2C=CC=CC2)NC(c2ccccc2)=N1. The molecular weight excluding hydrogens is 522 g/mol. The first-order chi connectivity index (χ1) is 21.2. The van der Waals surface area contributed by atoms with E-state index in [1.165, 1.54) is 33.4 Å². The van der Waals surface area contributed by atoms with Crippen molar-refractivity contribution in [1.29, 1.82) is 0 Å². The van der Waals surface area contributed by atoms with Crippen molar-refractivity contribution in [2.24, 2.45) is 27.7 Å². The van der Waals surface area contributed by atoms with E-state index in [4.69, 9.17) is 9.98 Å². The van der Waals surface area contributed by atoms with Gasteiger partial charge in [0.15, 0.2) is 5.84 Å². The van der Waals surface area contributed by atoms with Crippen molar-refractivity contribution in [2.75, 3.05) is 0 Å². The molecule has 43 heavy (non-hydrogen) atoms. The predicted molar refractivity (Wildman–Crippen MR) is 179 cm³/mol. The van der Waals surface area contributed by atoms with Crippen LogP contribution in [0.15, 0.2) is 154 Å². The lowest BCUT2D eigenvalue weighted by atomic mass is 9.66. The number of hydrogen-bond acceptors (Lipinski definition) is 3. The summed E-state index contributed by atoms with van der Waals surface area (Å²) in [6.45, 7) is 2.31. The van der Waals surface area contributed by atoms with Gasteiger partial charge in [0.1, 0.15) is 12.0 Å². The van der Waals surface area contributed by atoms with Crippen molar-refractivity contribution in [1.82, 2.24) is 5.32 Å². The third kappa shape index (κ3) is 4.77. The van der Waals surface area contributed by atoms with Crippen LogP contribution in [0.1, 0.15) is 55.2 Å². The van der Waals surface area contributed by atoms with Crippen LogP contribution >= 0.6 is 0 Å². The Bertz CT molecular complexity index is 1770. The van der Waals surface area contributed by atoms with Crippen LogP contribution in [-0.2, 0) is 0 Å². The van der Waals surface area contributed by atoms with E-state index in [-0.39, 0.29) is 6.17 Å². The van der Waals surface area contributed by atoms with E-state index >= 15 is 0 Å². The van der Waals surface area contributed by atoms with Crippen LogP contribution in [0, 0.1) is 17.8 Å². The molecule has 0 aromatic heterocycles. The second-order valence-electron chi connectivity index (χ2n) is 12.5. The third-order valence-electron chi connectivity index (χ3n) is 9.81. The van der Waals surface area contributed by atoms with Gasteiger partial charge in [-0.25, -0.2) is 9.98 Å². The van der Waals surface area contributed by atoms with Crippen molar-refractivity contribution in [3.8, 4) is 0 Å². The van der Waals surface area contributed by atoms with E-state index in [0.29, 0.717) is 23.7 Å². The summed E-state index contributed by atoms with van der Waals surface area (Å²) in [5, 5.41) is 3.67. The summed E-state index contributed by atoms with van der Waals surface area (Å²) in [6.07, 6.45) is 29.8. The van der Waals surface area contributed by atoms with Crippen LogP contribution in [0.2, 0.25) is 0 Å². The van der Waals surface area contributed by atoms with Crippen molar-refractivity contribution in [3.05, 3.63) is 160 Å². The van der Waals surface area contributed by atoms with Crippen LogP contribution in [0.25, 0.3) is 5.57 Å². The fraction of sp³-hybridized carbons (Fsp3) is 0.250. The Labute approximate surface area is 254 Å². The normalized spacial score (nSPS) is 28.9. The van der Waals surface area contributed by atoms with Gasteiger partial charge in [0.05, 0.1) is 0 Å². The van der Waals surface area contributed by atoms with E-state index < -0.39 is 0 Å². The number of aliphatic imine (C=N–C) groups is 2. The number of rotatable bonds is 4. The monoisotopic (exact) mass is 559 g/mol. The number of amidine groups is 2. The van der Waals surface area contributed by atoms with Gasteiger partial charge in [-0.1, -0.05) is 128 Å². The van der Waals surface area contributed by atoms with Gasteiger partial charge in [0, 0.05) is 28.9 Å². The van der Waals surface area contributed by atoms with Crippen molar-refractivity contribution in [2.45, 2.75) is 44.7 Å². The molecule has 212 valence electrons. The number of fused-ring (bicyclic) bond motifs is 5. The maximum atomic E-state index is 5.26. The van der Waals surface area contributed by atoms with E-state index in [0.717, 1.165) is 42.9 Å². The van der Waals surface area contributed by atoms with Crippen LogP contribution in [0.3, 0.4) is 0 Å². The fourth-order valence-corrected chi connectivity index (χ4v) is 7.49. The molecule has 0 saturated carbocycles. The molecule has 0 fully saturated rings. The summed E-state index contributed by atoms with van der Waals surface area (Å²) in [6, 6.07) is 19.5. The van der Waals surface area contributed by atoms with E-state index in [1.807, 2.05) is 0 Å². The van der Waals surface area contributed by atoms with Crippen LogP contribution in [0.4, 0.5) is 0 Å². The Morgan fingerprint density at radius 2 is 1.72 bits per heavy atom. The van der Waals surface area contributed by atoms with E-state index in [2.05, 4.69) is 134 Å². The standard InChI is InChI=1S/C40H37N3/c1-26-20-21-29(30-22-23-35-33-18-9-8-16-31(33)32-17-10-11-19-34(32)37(35)25-30)24-36(26)40-42-38(27-12-4-2-5-13-27)41-39(43-40)28-14-6-3-7-15-28/h2-10,12-14,16-18,21-26,28,35,37,39H,11,15,19-20H2,1H3,(H,41,42,43). The Balaban J connectivity index is 1.17. The average molecular weight is 560 g/mol. The molecule has 0 spiro atoms. The highest BCUT2D eigenvalue weighted by molar-refractivity contribution is 6.13. The summed E-state index contributed by atoms with van der Waals surface area (Å²) in [5.41, 5.74) is 10.9. The smallest absolute Gasteiger partial charge is 0.155 e. The Kier molecular flexibility index (Phi) is 6.67. The summed E-state index contributed by atoms with van der Waals surface area (Å²) < 4.78 is 0. The zero-order chi connectivity index (χ0) is 28.8. The number of nitrogens with zero attached hydrogens (tertiary/aromatic N) is 2. The van der Waals surface area contributed by atoms with Crippen LogP contribution < -0.4 is 5.32 Å². The first-order valence-electron chi connectivity index (χ1n) is 15.9. The lowest BCUT2D eigenvalue weighted by Gasteiger charge is -2.37. The summed E-state index contributed by atoms with van der Waals surface area (Å²) in [5.74, 6) is 3.24. The minimum atomic E-state index is -0.0482. The second kappa shape index (κ2) is 11.0. The van der Waals surface area contributed by atoms with Crippen molar-refractivity contribution in [3.63, 3.8) is 0 Å². The molecular formula is C40H37N3. The highest BCUT2D eigenvalue weighted by Crippen LogP contribution is 2.50. The lowest BCUT2D eigenvalue weighted by Crippen LogP contribution is -2.43. The molecule has 6 aliphatic rings. The molecule has 8 rings (SSSR count). The van der Waals surface area contributed by atoms with Crippen molar-refractivity contribution < 1.29 is 0 Å². The van der Waals surface area contributed by atoms with Gasteiger partial charge >= 0.3 is 0 Å². The van der Waals surface area contributed by atoms with Gasteiger partial charge in [-0.2, -0.15) is 0 Å². The first kappa shape index (κ1) is 26.2. The number of benzene rings is 2. The topological polar surface area (TPSA) is 36.8 Å². The molecule has 2 aromatic carbocycles. The molecule has 5 aliphatic carbocycles. The first-order valence-corrected chi connectivity index (χ1v) is 15.9. The highest BCUT2D eigenvalue weighted by Gasteiger charge is 2.35. The molecule has 0 amide bonds. The Morgan fingerprint density at radius 1 is 0.837 bits per heavy atom. The molecule has 5 unspecified atom stereocenters. The highest BCUT2D eigenvalue weighted by atomic mass is 15.2. The Morgan fingerprint density at radius 3 is 2.60 bits per heavy atom. The minimum Gasteiger partial charge on any atom is -0.347 e. The molecule has 3 heteroatoms. The molecule has 1 heterocycles. The number of hydrogen-bond donors (Lipinski definition) is 1. The van der Waals surface area contributed by atoms with Crippen LogP contribution in [-0.4, -0.2) is 17.8 Å². The van der Waals surface area contributed by atoms with Gasteiger partial charge < -0.3 is 5.32 Å². The van der Waals surface area contributed by atoms with Crippen molar-refractivity contribution >= 4 is 17.2 Å². The molecule has 0 saturated heterocycles.